The summed E-state index contributed by atoms with van der Waals surface area (Å²) in [6.45, 7) is 4.32. The summed E-state index contributed by atoms with van der Waals surface area (Å²) < 4.78 is 5.31. The van der Waals surface area contributed by atoms with Gasteiger partial charge in [-0.3, -0.25) is 0 Å². The second-order valence-electron chi connectivity index (χ2n) is 4.84. The topological polar surface area (TPSA) is 33.3 Å². The molecule has 0 aromatic heterocycles. The fourth-order valence-corrected chi connectivity index (χ4v) is 3.10. The summed E-state index contributed by atoms with van der Waals surface area (Å²) in [5, 5.41) is 7.13. The Labute approximate surface area is 147 Å². The van der Waals surface area contributed by atoms with Gasteiger partial charge in [-0.1, -0.05) is 42.1 Å². The number of hydrogen-bond acceptors (Lipinski definition) is 3. The molecule has 0 amide bonds. The highest BCUT2D eigenvalue weighted by Crippen LogP contribution is 2.33. The van der Waals surface area contributed by atoms with Gasteiger partial charge in [0.1, 0.15) is 0 Å². The number of para-hydroxylation sites is 1. The smallest absolute Gasteiger partial charge is 0.170 e. The first-order valence-electron chi connectivity index (χ1n) is 7.74. The lowest BCUT2D eigenvalue weighted by Gasteiger charge is -2.14. The Morgan fingerprint density at radius 2 is 1.83 bits per heavy atom. The van der Waals surface area contributed by atoms with E-state index in [1.54, 1.807) is 11.8 Å². The van der Waals surface area contributed by atoms with Crippen molar-refractivity contribution in [2.45, 2.75) is 23.1 Å². The normalized spacial score (nSPS) is 10.3. The number of anilines is 1. The molecule has 5 heteroatoms. The highest BCUT2D eigenvalue weighted by Gasteiger charge is 2.05. The third kappa shape index (κ3) is 6.60. The van der Waals surface area contributed by atoms with E-state index >= 15 is 0 Å². The van der Waals surface area contributed by atoms with Gasteiger partial charge in [-0.2, -0.15) is 0 Å². The van der Waals surface area contributed by atoms with Crippen LogP contribution >= 0.6 is 24.0 Å². The Kier molecular flexibility index (Phi) is 7.93. The van der Waals surface area contributed by atoms with Gasteiger partial charge in [0.25, 0.3) is 0 Å². The number of rotatable bonds is 8. The van der Waals surface area contributed by atoms with Crippen molar-refractivity contribution in [3.05, 3.63) is 54.6 Å². The maximum absolute atomic E-state index is 5.37. The molecule has 2 aromatic carbocycles. The predicted octanol–water partition coefficient (Wildman–Crippen LogP) is 4.55. The van der Waals surface area contributed by atoms with E-state index in [1.165, 1.54) is 4.90 Å². The van der Waals surface area contributed by atoms with Crippen LogP contribution in [0.15, 0.2) is 64.4 Å². The molecule has 2 N–H and O–H groups in total. The van der Waals surface area contributed by atoms with Crippen molar-refractivity contribution < 1.29 is 4.74 Å². The maximum atomic E-state index is 5.37. The molecule has 0 unspecified atom stereocenters. The van der Waals surface area contributed by atoms with E-state index in [-0.39, 0.29) is 0 Å². The van der Waals surface area contributed by atoms with Gasteiger partial charge in [-0.15, -0.1) is 0 Å². The minimum absolute atomic E-state index is 0.641. The minimum atomic E-state index is 0.641. The molecule has 0 fully saturated rings. The van der Waals surface area contributed by atoms with Gasteiger partial charge in [0.05, 0.1) is 5.69 Å². The molecule has 0 aliphatic carbocycles. The average Bonchev–Trinajstić information content (AvgIpc) is 2.57. The summed E-state index contributed by atoms with van der Waals surface area (Å²) in [6.07, 6.45) is 0.941. The molecule has 0 radical (unpaired) electrons. The number of hydrogen-bond donors (Lipinski definition) is 2. The van der Waals surface area contributed by atoms with Gasteiger partial charge >= 0.3 is 0 Å². The molecule has 0 bridgehead atoms. The van der Waals surface area contributed by atoms with Crippen molar-refractivity contribution in [3.63, 3.8) is 0 Å². The maximum Gasteiger partial charge on any atom is 0.170 e. The fourth-order valence-electron chi connectivity index (χ4n) is 1.96. The summed E-state index contributed by atoms with van der Waals surface area (Å²) in [7, 11) is 0. The van der Waals surface area contributed by atoms with Crippen molar-refractivity contribution in [3.8, 4) is 0 Å². The molecule has 0 heterocycles. The molecule has 0 spiro atoms. The quantitative estimate of drug-likeness (QED) is 0.541. The standard InChI is InChI=1S/C18H22N2OS2/c1-2-21-14-8-13-19-18(22)20-16-11-6-7-12-17(16)23-15-9-4-3-5-10-15/h3-7,9-12H,2,8,13-14H2,1H3,(H2,19,20,22). The summed E-state index contributed by atoms with van der Waals surface area (Å²) in [6, 6.07) is 18.5. The van der Waals surface area contributed by atoms with Crippen LogP contribution in [-0.4, -0.2) is 24.9 Å². The monoisotopic (exact) mass is 346 g/mol. The van der Waals surface area contributed by atoms with Crippen molar-refractivity contribution in [2.75, 3.05) is 25.1 Å². The Balaban J connectivity index is 1.88. The van der Waals surface area contributed by atoms with Crippen molar-refractivity contribution in [1.82, 2.24) is 5.32 Å². The SMILES string of the molecule is CCOCCCNC(=S)Nc1ccccc1Sc1ccccc1. The van der Waals surface area contributed by atoms with Crippen LogP contribution in [0.25, 0.3) is 0 Å². The molecule has 0 aliphatic heterocycles. The molecular weight excluding hydrogens is 324 g/mol. The number of ether oxygens (including phenoxy) is 1. The highest BCUT2D eigenvalue weighted by molar-refractivity contribution is 7.99. The third-order valence-electron chi connectivity index (χ3n) is 3.06. The molecule has 0 atom stereocenters. The first kappa shape index (κ1) is 17.8. The van der Waals surface area contributed by atoms with Crippen LogP contribution in [0.2, 0.25) is 0 Å². The lowest BCUT2D eigenvalue weighted by Crippen LogP contribution is -2.30. The van der Waals surface area contributed by atoms with Crippen molar-refractivity contribution in [1.29, 1.82) is 0 Å². The van der Waals surface area contributed by atoms with Crippen LogP contribution in [0.5, 0.6) is 0 Å². The van der Waals surface area contributed by atoms with Gasteiger partial charge < -0.3 is 15.4 Å². The lowest BCUT2D eigenvalue weighted by molar-refractivity contribution is 0.146. The highest BCUT2D eigenvalue weighted by atomic mass is 32.2. The summed E-state index contributed by atoms with van der Waals surface area (Å²) in [4.78, 5) is 2.36. The Morgan fingerprint density at radius 1 is 1.09 bits per heavy atom. The molecule has 0 saturated carbocycles. The minimum Gasteiger partial charge on any atom is -0.382 e. The molecule has 3 nitrogen and oxygen atoms in total. The van der Waals surface area contributed by atoms with E-state index in [1.807, 2.05) is 43.3 Å². The van der Waals surface area contributed by atoms with Crippen LogP contribution in [0.3, 0.4) is 0 Å². The van der Waals surface area contributed by atoms with Crippen LogP contribution < -0.4 is 10.6 Å². The second kappa shape index (κ2) is 10.3. The van der Waals surface area contributed by atoms with Crippen LogP contribution in [0, 0.1) is 0 Å². The summed E-state index contributed by atoms with van der Waals surface area (Å²) in [5.41, 5.74) is 1.02. The van der Waals surface area contributed by atoms with Gasteiger partial charge in [-0.05, 0) is 49.8 Å². The van der Waals surface area contributed by atoms with Gasteiger partial charge in [0, 0.05) is 29.5 Å². The van der Waals surface area contributed by atoms with Crippen LogP contribution in [0.4, 0.5) is 5.69 Å². The lowest BCUT2D eigenvalue weighted by atomic mass is 10.3. The van der Waals surface area contributed by atoms with Gasteiger partial charge in [-0.25, -0.2) is 0 Å². The molecule has 2 rings (SSSR count). The van der Waals surface area contributed by atoms with E-state index < -0.39 is 0 Å². The third-order valence-corrected chi connectivity index (χ3v) is 4.39. The van der Waals surface area contributed by atoms with E-state index in [9.17, 15) is 0 Å². The Bertz CT molecular complexity index is 605. The molecule has 0 saturated heterocycles. The first-order chi connectivity index (χ1) is 11.3. The van der Waals surface area contributed by atoms with Gasteiger partial charge in [0.2, 0.25) is 0 Å². The average molecular weight is 347 g/mol. The second-order valence-corrected chi connectivity index (χ2v) is 6.37. The van der Waals surface area contributed by atoms with Crippen LogP contribution in [0.1, 0.15) is 13.3 Å². The number of thiocarbonyl (C=S) groups is 1. The van der Waals surface area contributed by atoms with Crippen molar-refractivity contribution in [2.24, 2.45) is 0 Å². The van der Waals surface area contributed by atoms with Crippen LogP contribution in [-0.2, 0) is 4.74 Å². The van der Waals surface area contributed by atoms with Crippen molar-refractivity contribution >= 4 is 34.8 Å². The molecule has 23 heavy (non-hydrogen) atoms. The van der Waals surface area contributed by atoms with E-state index in [4.69, 9.17) is 17.0 Å². The van der Waals surface area contributed by atoms with E-state index in [2.05, 4.69) is 28.8 Å². The predicted molar refractivity (Wildman–Crippen MR) is 102 cm³/mol. The molecule has 2 aromatic rings. The zero-order valence-corrected chi connectivity index (χ0v) is 14.9. The molecular formula is C18H22N2OS2. The summed E-state index contributed by atoms with van der Waals surface area (Å²) >= 11 is 7.09. The Hall–Kier alpha value is -1.56. The van der Waals surface area contributed by atoms with Gasteiger partial charge in [0.15, 0.2) is 5.11 Å². The van der Waals surface area contributed by atoms with E-state index in [0.29, 0.717) is 5.11 Å². The zero-order chi connectivity index (χ0) is 16.3. The first-order valence-corrected chi connectivity index (χ1v) is 8.96. The zero-order valence-electron chi connectivity index (χ0n) is 13.2. The molecule has 0 aliphatic rings. The van der Waals surface area contributed by atoms with E-state index in [0.717, 1.165) is 36.8 Å². The molecule has 122 valence electrons. The number of nitrogens with one attached hydrogen (secondary N) is 2. The summed E-state index contributed by atoms with van der Waals surface area (Å²) in [5.74, 6) is 0. The largest absolute Gasteiger partial charge is 0.382 e. The Morgan fingerprint density at radius 3 is 2.61 bits per heavy atom. The fraction of sp³-hybridized carbons (Fsp3) is 0.278. The number of benzene rings is 2.